The number of anilines is 1. The van der Waals surface area contributed by atoms with Crippen molar-refractivity contribution in [3.8, 4) is 0 Å². The minimum Gasteiger partial charge on any atom is -0.466 e. The Balaban J connectivity index is 2.02. The number of nitrogens with zero attached hydrogens (tertiary/aromatic N) is 1. The smallest absolute Gasteiger partial charge is 0.352 e. The van der Waals surface area contributed by atoms with Gasteiger partial charge in [-0.1, -0.05) is 55.5 Å². The maximum absolute atomic E-state index is 13.0. The molecule has 0 aromatic heterocycles. The first-order valence-electron chi connectivity index (χ1n) is 9.14. The standard InChI is InChI=1S/C22H23NO5/c1-21-15-12-8-9-13-16(15)23(2)18(21)22(19(24)26-3,20(25)27-4)28-17(21)14-10-6-5-7-11-14/h5-13,17-18H,1-4H3/t17-,18-,21-/m0/s1. The van der Waals surface area contributed by atoms with E-state index in [4.69, 9.17) is 14.2 Å². The molecular weight excluding hydrogens is 358 g/mol. The lowest BCUT2D eigenvalue weighted by molar-refractivity contribution is -0.187. The second-order valence-electron chi connectivity index (χ2n) is 7.44. The van der Waals surface area contributed by atoms with E-state index in [2.05, 4.69) is 0 Å². The lowest BCUT2D eigenvalue weighted by Crippen LogP contribution is -2.62. The molecule has 0 unspecified atom stereocenters. The van der Waals surface area contributed by atoms with Gasteiger partial charge < -0.3 is 19.1 Å². The molecule has 1 saturated heterocycles. The molecular formula is C22H23NO5. The summed E-state index contributed by atoms with van der Waals surface area (Å²) in [6, 6.07) is 16.9. The van der Waals surface area contributed by atoms with Gasteiger partial charge in [0.15, 0.2) is 0 Å². The molecule has 6 nitrogen and oxygen atoms in total. The summed E-state index contributed by atoms with van der Waals surface area (Å²) in [5.41, 5.74) is 0.291. The summed E-state index contributed by atoms with van der Waals surface area (Å²) in [6.07, 6.45) is -0.539. The van der Waals surface area contributed by atoms with Gasteiger partial charge in [-0.25, -0.2) is 9.59 Å². The van der Waals surface area contributed by atoms with Crippen LogP contribution in [-0.2, 0) is 29.2 Å². The van der Waals surface area contributed by atoms with Crippen LogP contribution in [0.5, 0.6) is 0 Å². The predicted molar refractivity (Wildman–Crippen MR) is 103 cm³/mol. The summed E-state index contributed by atoms with van der Waals surface area (Å²) in [6.45, 7) is 2.03. The monoisotopic (exact) mass is 381 g/mol. The first-order chi connectivity index (χ1) is 13.4. The number of carbonyl (C=O) groups excluding carboxylic acids is 2. The highest BCUT2D eigenvalue weighted by Gasteiger charge is 2.75. The fraction of sp³-hybridized carbons (Fsp3) is 0.364. The molecule has 0 aliphatic carbocycles. The summed E-state index contributed by atoms with van der Waals surface area (Å²) in [4.78, 5) is 28.0. The van der Waals surface area contributed by atoms with Crippen LogP contribution in [0.25, 0.3) is 0 Å². The molecule has 28 heavy (non-hydrogen) atoms. The minimum atomic E-state index is -1.90. The summed E-state index contributed by atoms with van der Waals surface area (Å²) in [7, 11) is 4.38. The molecule has 146 valence electrons. The second-order valence-corrected chi connectivity index (χ2v) is 7.44. The molecule has 4 rings (SSSR count). The van der Waals surface area contributed by atoms with E-state index in [9.17, 15) is 9.59 Å². The van der Waals surface area contributed by atoms with Gasteiger partial charge >= 0.3 is 11.9 Å². The van der Waals surface area contributed by atoms with Gasteiger partial charge in [-0.05, 0) is 17.2 Å². The Bertz CT molecular complexity index is 912. The lowest BCUT2D eigenvalue weighted by Gasteiger charge is -2.35. The van der Waals surface area contributed by atoms with Gasteiger partial charge in [-0.15, -0.1) is 0 Å². The van der Waals surface area contributed by atoms with E-state index in [-0.39, 0.29) is 0 Å². The number of para-hydroxylation sites is 1. The Hall–Kier alpha value is -2.86. The quantitative estimate of drug-likeness (QED) is 0.602. The third-order valence-electron chi connectivity index (χ3n) is 6.13. The van der Waals surface area contributed by atoms with Crippen LogP contribution in [0.2, 0.25) is 0 Å². The molecule has 2 aromatic carbocycles. The van der Waals surface area contributed by atoms with Crippen molar-refractivity contribution in [2.75, 3.05) is 26.2 Å². The number of fused-ring (bicyclic) bond motifs is 3. The summed E-state index contributed by atoms with van der Waals surface area (Å²) in [5, 5.41) is 0. The highest BCUT2D eigenvalue weighted by Crippen LogP contribution is 2.62. The topological polar surface area (TPSA) is 65.1 Å². The normalized spacial score (nSPS) is 27.1. The number of rotatable bonds is 3. The number of hydrogen-bond donors (Lipinski definition) is 0. The van der Waals surface area contributed by atoms with Crippen molar-refractivity contribution < 1.29 is 23.8 Å². The van der Waals surface area contributed by atoms with E-state index in [1.54, 1.807) is 0 Å². The SMILES string of the molecule is COC(=O)C1(C(=O)OC)O[C@@H](c2ccccc2)[C@]2(C)c3ccccc3N(C)[C@H]12. The highest BCUT2D eigenvalue weighted by molar-refractivity contribution is 6.06. The zero-order valence-corrected chi connectivity index (χ0v) is 16.3. The van der Waals surface area contributed by atoms with E-state index < -0.39 is 35.1 Å². The third-order valence-corrected chi connectivity index (χ3v) is 6.13. The maximum Gasteiger partial charge on any atom is 0.352 e. The fourth-order valence-corrected chi connectivity index (χ4v) is 5.03. The van der Waals surface area contributed by atoms with Crippen LogP contribution >= 0.6 is 0 Å². The maximum atomic E-state index is 13.0. The molecule has 1 fully saturated rings. The molecule has 0 N–H and O–H groups in total. The van der Waals surface area contributed by atoms with Crippen molar-refractivity contribution in [1.29, 1.82) is 0 Å². The number of carbonyl (C=O) groups is 2. The van der Waals surface area contributed by atoms with E-state index in [0.717, 1.165) is 16.8 Å². The third kappa shape index (κ3) is 2.12. The number of ether oxygens (including phenoxy) is 3. The van der Waals surface area contributed by atoms with Crippen molar-refractivity contribution in [1.82, 2.24) is 0 Å². The molecule has 6 heteroatoms. The molecule has 2 aromatic rings. The Morgan fingerprint density at radius 1 is 0.964 bits per heavy atom. The number of hydrogen-bond acceptors (Lipinski definition) is 6. The molecule has 0 spiro atoms. The first-order valence-corrected chi connectivity index (χ1v) is 9.14. The van der Waals surface area contributed by atoms with Crippen molar-refractivity contribution in [3.63, 3.8) is 0 Å². The van der Waals surface area contributed by atoms with Crippen molar-refractivity contribution >= 4 is 17.6 Å². The fourth-order valence-electron chi connectivity index (χ4n) is 5.03. The van der Waals surface area contributed by atoms with Gasteiger partial charge in [0, 0.05) is 18.2 Å². The average Bonchev–Trinajstić information content (AvgIpc) is 3.15. The molecule has 2 aliphatic rings. The van der Waals surface area contributed by atoms with Crippen LogP contribution in [0.3, 0.4) is 0 Å². The van der Waals surface area contributed by atoms with Gasteiger partial charge in [-0.2, -0.15) is 0 Å². The first kappa shape index (κ1) is 18.5. The summed E-state index contributed by atoms with van der Waals surface area (Å²) < 4.78 is 16.5. The van der Waals surface area contributed by atoms with Crippen LogP contribution in [0.1, 0.15) is 24.2 Å². The number of methoxy groups -OCH3 is 2. The number of esters is 2. The van der Waals surface area contributed by atoms with Gasteiger partial charge in [0.25, 0.3) is 5.60 Å². The lowest BCUT2D eigenvalue weighted by atomic mass is 9.69. The number of likely N-dealkylation sites (N-methyl/N-ethyl adjacent to an activating group) is 1. The number of benzene rings is 2. The Labute approximate surface area is 164 Å². The van der Waals surface area contributed by atoms with Crippen molar-refractivity contribution in [3.05, 3.63) is 65.7 Å². The van der Waals surface area contributed by atoms with Gasteiger partial charge in [0.05, 0.1) is 26.4 Å². The van der Waals surface area contributed by atoms with Gasteiger partial charge in [0.1, 0.15) is 0 Å². The van der Waals surface area contributed by atoms with Crippen LogP contribution in [-0.4, -0.2) is 44.8 Å². The zero-order chi connectivity index (χ0) is 20.1. The van der Waals surface area contributed by atoms with Crippen LogP contribution in [0.15, 0.2) is 54.6 Å². The molecule has 3 atom stereocenters. The van der Waals surface area contributed by atoms with E-state index >= 15 is 0 Å². The minimum absolute atomic E-state index is 0.539. The zero-order valence-electron chi connectivity index (χ0n) is 16.3. The van der Waals surface area contributed by atoms with Crippen LogP contribution < -0.4 is 4.90 Å². The average molecular weight is 381 g/mol. The summed E-state index contributed by atoms with van der Waals surface area (Å²) in [5.74, 6) is -1.51. The Kier molecular flexibility index (Phi) is 4.19. The molecule has 0 radical (unpaired) electrons. The molecule has 0 saturated carbocycles. The summed E-state index contributed by atoms with van der Waals surface area (Å²) >= 11 is 0. The molecule has 2 aliphatic heterocycles. The predicted octanol–water partition coefficient (Wildman–Crippen LogP) is 2.62. The molecule has 2 heterocycles. The van der Waals surface area contributed by atoms with E-state index in [1.807, 2.05) is 73.5 Å². The van der Waals surface area contributed by atoms with Crippen LogP contribution in [0.4, 0.5) is 5.69 Å². The second kappa shape index (κ2) is 6.34. The van der Waals surface area contributed by atoms with E-state index in [1.165, 1.54) is 14.2 Å². The van der Waals surface area contributed by atoms with Gasteiger partial charge in [0.2, 0.25) is 0 Å². The molecule has 0 bridgehead atoms. The van der Waals surface area contributed by atoms with Crippen molar-refractivity contribution in [2.24, 2.45) is 0 Å². The van der Waals surface area contributed by atoms with Crippen LogP contribution in [0, 0.1) is 0 Å². The Morgan fingerprint density at radius 3 is 2.14 bits per heavy atom. The van der Waals surface area contributed by atoms with Crippen molar-refractivity contribution in [2.45, 2.75) is 30.1 Å². The van der Waals surface area contributed by atoms with E-state index in [0.29, 0.717) is 0 Å². The molecule has 0 amide bonds. The highest BCUT2D eigenvalue weighted by atomic mass is 16.6. The Morgan fingerprint density at radius 2 is 1.54 bits per heavy atom. The largest absolute Gasteiger partial charge is 0.466 e. The van der Waals surface area contributed by atoms with Gasteiger partial charge in [-0.3, -0.25) is 0 Å².